The summed E-state index contributed by atoms with van der Waals surface area (Å²) in [5.74, 6) is 3.29. The summed E-state index contributed by atoms with van der Waals surface area (Å²) >= 11 is 1.65. The lowest BCUT2D eigenvalue weighted by atomic mass is 10.2. The maximum Gasteiger partial charge on any atom is 0.0592 e. The van der Waals surface area contributed by atoms with Gasteiger partial charge in [0.25, 0.3) is 0 Å². The standard InChI is InChI=1S/C10H11NS/c1-3-6-12-9-4-5-10(11)8(2)7-9/h1,4-5,7H,6,11H2,2H3. The second-order valence-corrected chi connectivity index (χ2v) is 3.56. The van der Waals surface area contributed by atoms with E-state index in [2.05, 4.69) is 12.0 Å². The summed E-state index contributed by atoms with van der Waals surface area (Å²) in [5, 5.41) is 0. The first-order valence-electron chi connectivity index (χ1n) is 3.66. The van der Waals surface area contributed by atoms with Crippen molar-refractivity contribution in [1.29, 1.82) is 0 Å². The molecule has 62 valence electrons. The summed E-state index contributed by atoms with van der Waals surface area (Å²) < 4.78 is 0. The van der Waals surface area contributed by atoms with Crippen LogP contribution in [-0.4, -0.2) is 5.75 Å². The van der Waals surface area contributed by atoms with E-state index in [-0.39, 0.29) is 0 Å². The molecule has 0 aliphatic carbocycles. The number of hydrogen-bond donors (Lipinski definition) is 1. The molecule has 0 heterocycles. The molecule has 1 aromatic carbocycles. The van der Waals surface area contributed by atoms with E-state index in [0.29, 0.717) is 5.75 Å². The van der Waals surface area contributed by atoms with Crippen LogP contribution in [0.15, 0.2) is 23.1 Å². The Kier molecular flexibility index (Phi) is 3.07. The van der Waals surface area contributed by atoms with E-state index in [4.69, 9.17) is 12.2 Å². The van der Waals surface area contributed by atoms with Crippen molar-refractivity contribution in [3.63, 3.8) is 0 Å². The van der Waals surface area contributed by atoms with Crippen LogP contribution in [0, 0.1) is 19.3 Å². The number of thioether (sulfide) groups is 1. The third kappa shape index (κ3) is 2.21. The SMILES string of the molecule is C#CCSc1ccc(N)c(C)c1. The zero-order valence-electron chi connectivity index (χ0n) is 7.00. The zero-order chi connectivity index (χ0) is 8.97. The van der Waals surface area contributed by atoms with Gasteiger partial charge in [0.1, 0.15) is 0 Å². The summed E-state index contributed by atoms with van der Waals surface area (Å²) in [7, 11) is 0. The third-order valence-corrected chi connectivity index (χ3v) is 2.46. The van der Waals surface area contributed by atoms with Crippen molar-refractivity contribution < 1.29 is 0 Å². The van der Waals surface area contributed by atoms with E-state index in [0.717, 1.165) is 11.3 Å². The Bertz CT molecular complexity index is 312. The molecule has 12 heavy (non-hydrogen) atoms. The highest BCUT2D eigenvalue weighted by atomic mass is 32.2. The normalized spacial score (nSPS) is 9.33. The van der Waals surface area contributed by atoms with Gasteiger partial charge in [-0.15, -0.1) is 18.2 Å². The highest BCUT2D eigenvalue weighted by molar-refractivity contribution is 7.99. The van der Waals surface area contributed by atoms with Crippen LogP contribution in [0.25, 0.3) is 0 Å². The summed E-state index contributed by atoms with van der Waals surface area (Å²) in [4.78, 5) is 1.18. The molecule has 0 saturated carbocycles. The van der Waals surface area contributed by atoms with Gasteiger partial charge < -0.3 is 5.73 Å². The van der Waals surface area contributed by atoms with E-state index in [1.807, 2.05) is 19.1 Å². The number of terminal acetylenes is 1. The molecule has 2 heteroatoms. The number of aryl methyl sites for hydroxylation is 1. The van der Waals surface area contributed by atoms with E-state index in [9.17, 15) is 0 Å². The molecular weight excluding hydrogens is 166 g/mol. The van der Waals surface area contributed by atoms with Gasteiger partial charge in [0.15, 0.2) is 0 Å². The molecule has 0 aromatic heterocycles. The highest BCUT2D eigenvalue weighted by Gasteiger charge is 1.95. The van der Waals surface area contributed by atoms with Gasteiger partial charge in [0.05, 0.1) is 5.75 Å². The molecule has 0 saturated heterocycles. The molecule has 0 atom stereocenters. The van der Waals surface area contributed by atoms with Crippen molar-refractivity contribution in [3.05, 3.63) is 23.8 Å². The lowest BCUT2D eigenvalue weighted by molar-refractivity contribution is 1.36. The lowest BCUT2D eigenvalue weighted by Crippen LogP contribution is -1.88. The maximum atomic E-state index is 5.67. The monoisotopic (exact) mass is 177 g/mol. The van der Waals surface area contributed by atoms with Gasteiger partial charge in [-0.2, -0.15) is 0 Å². The molecule has 0 aliphatic rings. The van der Waals surface area contributed by atoms with Crippen molar-refractivity contribution in [3.8, 4) is 12.3 Å². The summed E-state index contributed by atoms with van der Waals surface area (Å²) in [6.45, 7) is 2.00. The minimum atomic E-state index is 0.712. The molecule has 2 N–H and O–H groups in total. The summed E-state index contributed by atoms with van der Waals surface area (Å²) in [6.07, 6.45) is 5.15. The minimum absolute atomic E-state index is 0.712. The Morgan fingerprint density at radius 3 is 2.92 bits per heavy atom. The number of anilines is 1. The van der Waals surface area contributed by atoms with Crippen LogP contribution in [0.1, 0.15) is 5.56 Å². The Balaban J connectivity index is 2.77. The lowest BCUT2D eigenvalue weighted by Gasteiger charge is -2.02. The van der Waals surface area contributed by atoms with Gasteiger partial charge >= 0.3 is 0 Å². The van der Waals surface area contributed by atoms with Crippen LogP contribution in [0.2, 0.25) is 0 Å². The van der Waals surface area contributed by atoms with Gasteiger partial charge in [-0.05, 0) is 30.7 Å². The minimum Gasteiger partial charge on any atom is -0.399 e. The predicted octanol–water partition coefficient (Wildman–Crippen LogP) is 2.30. The molecule has 0 aliphatic heterocycles. The number of rotatable bonds is 2. The molecule has 0 fully saturated rings. The number of benzene rings is 1. The summed E-state index contributed by atoms with van der Waals surface area (Å²) in [5.41, 5.74) is 7.61. The fourth-order valence-corrected chi connectivity index (χ4v) is 1.54. The quantitative estimate of drug-likeness (QED) is 0.426. The summed E-state index contributed by atoms with van der Waals surface area (Å²) in [6, 6.07) is 5.95. The molecule has 1 rings (SSSR count). The Morgan fingerprint density at radius 2 is 2.33 bits per heavy atom. The van der Waals surface area contributed by atoms with Crippen LogP contribution in [-0.2, 0) is 0 Å². The number of nitrogen functional groups attached to an aromatic ring is 1. The molecule has 0 amide bonds. The average molecular weight is 177 g/mol. The van der Waals surface area contributed by atoms with Gasteiger partial charge in [-0.25, -0.2) is 0 Å². The van der Waals surface area contributed by atoms with E-state index in [1.54, 1.807) is 11.8 Å². The second-order valence-electron chi connectivity index (χ2n) is 2.51. The molecule has 0 radical (unpaired) electrons. The van der Waals surface area contributed by atoms with Crippen LogP contribution in [0.4, 0.5) is 5.69 Å². The zero-order valence-corrected chi connectivity index (χ0v) is 7.82. The van der Waals surface area contributed by atoms with Gasteiger partial charge in [0, 0.05) is 10.6 Å². The van der Waals surface area contributed by atoms with E-state index >= 15 is 0 Å². The largest absolute Gasteiger partial charge is 0.399 e. The van der Waals surface area contributed by atoms with E-state index < -0.39 is 0 Å². The molecule has 1 aromatic rings. The fraction of sp³-hybridized carbons (Fsp3) is 0.200. The fourth-order valence-electron chi connectivity index (χ4n) is 0.863. The van der Waals surface area contributed by atoms with Crippen molar-refractivity contribution in [2.45, 2.75) is 11.8 Å². The number of hydrogen-bond acceptors (Lipinski definition) is 2. The van der Waals surface area contributed by atoms with Crippen molar-refractivity contribution in [2.24, 2.45) is 0 Å². The molecule has 0 unspecified atom stereocenters. The Labute approximate surface area is 77.4 Å². The first-order chi connectivity index (χ1) is 5.74. The first-order valence-corrected chi connectivity index (χ1v) is 4.65. The second kappa shape index (κ2) is 4.08. The molecular formula is C10H11NS. The highest BCUT2D eigenvalue weighted by Crippen LogP contribution is 2.21. The molecule has 0 spiro atoms. The third-order valence-electron chi connectivity index (χ3n) is 1.56. The van der Waals surface area contributed by atoms with Crippen LogP contribution in [0.5, 0.6) is 0 Å². The van der Waals surface area contributed by atoms with Gasteiger partial charge in [-0.3, -0.25) is 0 Å². The van der Waals surface area contributed by atoms with Crippen LogP contribution < -0.4 is 5.73 Å². The molecule has 0 bridgehead atoms. The van der Waals surface area contributed by atoms with Crippen LogP contribution >= 0.6 is 11.8 Å². The first kappa shape index (κ1) is 9.02. The van der Waals surface area contributed by atoms with Crippen LogP contribution in [0.3, 0.4) is 0 Å². The van der Waals surface area contributed by atoms with Gasteiger partial charge in [-0.1, -0.05) is 5.92 Å². The maximum absolute atomic E-state index is 5.67. The van der Waals surface area contributed by atoms with Crippen molar-refractivity contribution in [1.82, 2.24) is 0 Å². The topological polar surface area (TPSA) is 26.0 Å². The number of nitrogens with two attached hydrogens (primary N) is 1. The van der Waals surface area contributed by atoms with Crippen molar-refractivity contribution >= 4 is 17.4 Å². The smallest absolute Gasteiger partial charge is 0.0592 e. The van der Waals surface area contributed by atoms with Crippen molar-refractivity contribution in [2.75, 3.05) is 11.5 Å². The van der Waals surface area contributed by atoms with Gasteiger partial charge in [0.2, 0.25) is 0 Å². The Morgan fingerprint density at radius 1 is 1.58 bits per heavy atom. The van der Waals surface area contributed by atoms with E-state index in [1.165, 1.54) is 4.90 Å². The predicted molar refractivity (Wildman–Crippen MR) is 55.1 cm³/mol. The molecule has 1 nitrogen and oxygen atoms in total. The average Bonchev–Trinajstić information content (AvgIpc) is 2.07. The Hall–Kier alpha value is -1.07.